The summed E-state index contributed by atoms with van der Waals surface area (Å²) in [5, 5.41) is 24.2. The minimum atomic E-state index is -1.38. The van der Waals surface area contributed by atoms with Crippen molar-refractivity contribution < 1.29 is 36.7 Å². The molecule has 0 atom stereocenters. The predicted octanol–water partition coefficient (Wildman–Crippen LogP) is -3.44. The van der Waals surface area contributed by atoms with Crippen molar-refractivity contribution in [3.05, 3.63) is 10.4 Å². The summed E-state index contributed by atoms with van der Waals surface area (Å²) >= 11 is -1.38. The van der Waals surface area contributed by atoms with E-state index in [9.17, 15) is 10.4 Å². The zero-order chi connectivity index (χ0) is 7.98. The van der Waals surface area contributed by atoms with Crippen LogP contribution in [0.5, 0.6) is 0 Å². The van der Waals surface area contributed by atoms with Crippen LogP contribution in [0, 0.1) is 10.4 Å². The fraction of sp³-hybridized carbons (Fsp3) is 1.00. The third-order valence-electron chi connectivity index (χ3n) is 0.325. The summed E-state index contributed by atoms with van der Waals surface area (Å²) < 4.78 is 0.514. The Balaban J connectivity index is 3.16. The van der Waals surface area contributed by atoms with Crippen LogP contribution < -0.4 is 21.8 Å². The van der Waals surface area contributed by atoms with E-state index >= 15 is 0 Å². The van der Waals surface area contributed by atoms with Crippen molar-refractivity contribution >= 4 is 0 Å². The standard InChI is InChI=1S/C2H6IN2O5/c1-4(6)3-5(7)9-10-8-2/h1-2H3/q-3. The van der Waals surface area contributed by atoms with E-state index in [2.05, 4.69) is 14.9 Å². The molecule has 0 unspecified atom stereocenters. The van der Waals surface area contributed by atoms with Gasteiger partial charge >= 0.3 is 68.0 Å². The molecule has 0 aliphatic rings. The average Bonchev–Trinajstić information content (AvgIpc) is 1.82. The van der Waals surface area contributed by atoms with Crippen LogP contribution in [0.3, 0.4) is 0 Å². The molecule has 0 saturated heterocycles. The van der Waals surface area contributed by atoms with Crippen LogP contribution in [0.25, 0.3) is 0 Å². The second-order valence-electron chi connectivity index (χ2n) is 1.02. The van der Waals surface area contributed by atoms with E-state index in [1.807, 2.05) is 0 Å². The summed E-state index contributed by atoms with van der Waals surface area (Å²) in [5.41, 5.74) is 0. The van der Waals surface area contributed by atoms with Gasteiger partial charge in [0.25, 0.3) is 0 Å². The molecular formula is C2H6IN2O5-3. The Morgan fingerprint density at radius 1 is 1.40 bits per heavy atom. The maximum atomic E-state index is 10.3. The molecule has 0 aromatic carbocycles. The molecule has 0 saturated carbocycles. The molecule has 8 heteroatoms. The van der Waals surface area contributed by atoms with Gasteiger partial charge in [-0.05, 0) is 0 Å². The first-order valence-corrected chi connectivity index (χ1v) is 4.00. The number of nitrogens with zero attached hydrogens (tertiary/aromatic N) is 2. The molecule has 0 amide bonds. The molecule has 0 aromatic rings. The first-order chi connectivity index (χ1) is 4.66. The van der Waals surface area contributed by atoms with Gasteiger partial charge in [0, 0.05) is 0 Å². The Hall–Kier alpha value is 0.450. The van der Waals surface area contributed by atoms with E-state index in [0.29, 0.717) is 3.28 Å². The summed E-state index contributed by atoms with van der Waals surface area (Å²) in [6.07, 6.45) is 0. The second-order valence-corrected chi connectivity index (χ2v) is 3.60. The van der Waals surface area contributed by atoms with Gasteiger partial charge in [-0.15, -0.1) is 0 Å². The van der Waals surface area contributed by atoms with E-state index in [1.54, 1.807) is 0 Å². The van der Waals surface area contributed by atoms with Crippen LogP contribution in [0.2, 0.25) is 0 Å². The maximum absolute atomic E-state index is 10.3. The third-order valence-corrected chi connectivity index (χ3v) is 1.45. The number of hydroxylamine groups is 1. The van der Waals surface area contributed by atoms with Gasteiger partial charge in [-0.3, -0.25) is 0 Å². The average molecular weight is 265 g/mol. The Kier molecular flexibility index (Phi) is 6.46. The van der Waals surface area contributed by atoms with Crippen molar-refractivity contribution in [2.75, 3.05) is 14.2 Å². The zero-order valence-electron chi connectivity index (χ0n) is 5.31. The molecule has 0 fully saturated rings. The number of hydrogen-bond donors (Lipinski definition) is 0. The molecule has 10 heavy (non-hydrogen) atoms. The van der Waals surface area contributed by atoms with Crippen molar-refractivity contribution in [1.82, 2.24) is 6.72 Å². The summed E-state index contributed by atoms with van der Waals surface area (Å²) in [7, 11) is 2.39. The van der Waals surface area contributed by atoms with Gasteiger partial charge in [0.2, 0.25) is 0 Å². The topological polar surface area (TPSA) is 80.3 Å². The van der Waals surface area contributed by atoms with Crippen LogP contribution in [-0.2, 0) is 14.9 Å². The van der Waals surface area contributed by atoms with E-state index < -0.39 is 21.8 Å². The van der Waals surface area contributed by atoms with Crippen LogP contribution in [0.15, 0.2) is 0 Å². The number of hydrogen-bond acceptors (Lipinski definition) is 7. The Bertz CT molecular complexity index is 82.0. The monoisotopic (exact) mass is 265 g/mol. The van der Waals surface area contributed by atoms with Gasteiger partial charge < -0.3 is 0 Å². The fourth-order valence-electron chi connectivity index (χ4n) is 0.154. The normalized spacial score (nSPS) is 11.8. The van der Waals surface area contributed by atoms with Crippen molar-refractivity contribution in [2.45, 2.75) is 0 Å². The summed E-state index contributed by atoms with van der Waals surface area (Å²) in [6, 6.07) is 0. The summed E-state index contributed by atoms with van der Waals surface area (Å²) in [5.74, 6) is 0. The van der Waals surface area contributed by atoms with Gasteiger partial charge in [0.1, 0.15) is 0 Å². The zero-order valence-corrected chi connectivity index (χ0v) is 7.47. The SMILES string of the molecule is COOON([O-])[I-]N(C)[O-]. The molecule has 0 rings (SSSR count). The molecule has 0 radical (unpaired) electrons. The molecule has 0 spiro atoms. The first-order valence-electron chi connectivity index (χ1n) is 2.07. The van der Waals surface area contributed by atoms with Crippen LogP contribution >= 0.6 is 0 Å². The number of halogens is 1. The molecule has 0 bridgehead atoms. The predicted molar refractivity (Wildman–Crippen MR) is 25.5 cm³/mol. The Labute approximate surface area is 68.4 Å². The molecule has 0 aliphatic carbocycles. The van der Waals surface area contributed by atoms with E-state index in [1.165, 1.54) is 14.2 Å². The molecule has 7 nitrogen and oxygen atoms in total. The molecule has 0 aromatic heterocycles. The van der Waals surface area contributed by atoms with Crippen molar-refractivity contribution in [2.24, 2.45) is 0 Å². The van der Waals surface area contributed by atoms with E-state index in [-0.39, 0.29) is 3.44 Å². The Morgan fingerprint density at radius 3 is 2.40 bits per heavy atom. The van der Waals surface area contributed by atoms with Gasteiger partial charge in [0.15, 0.2) is 0 Å². The van der Waals surface area contributed by atoms with Crippen LogP contribution in [0.4, 0.5) is 0 Å². The van der Waals surface area contributed by atoms with Crippen molar-refractivity contribution in [1.29, 1.82) is 0 Å². The molecule has 0 heterocycles. The molecule has 0 N–H and O–H groups in total. The van der Waals surface area contributed by atoms with Gasteiger partial charge in [-0.1, -0.05) is 0 Å². The van der Waals surface area contributed by atoms with E-state index in [0.717, 1.165) is 0 Å². The van der Waals surface area contributed by atoms with E-state index in [4.69, 9.17) is 0 Å². The summed E-state index contributed by atoms with van der Waals surface area (Å²) in [4.78, 5) is 7.79. The van der Waals surface area contributed by atoms with Crippen molar-refractivity contribution in [3.8, 4) is 0 Å². The number of rotatable bonds is 5. The van der Waals surface area contributed by atoms with Crippen LogP contribution in [-0.4, -0.2) is 20.9 Å². The third kappa shape index (κ3) is 6.57. The quantitative estimate of drug-likeness (QED) is 0.221. The van der Waals surface area contributed by atoms with Gasteiger partial charge in [-0.2, -0.15) is 0 Å². The Morgan fingerprint density at radius 2 is 2.00 bits per heavy atom. The molecule has 64 valence electrons. The fourth-order valence-corrected chi connectivity index (χ4v) is 0.788. The van der Waals surface area contributed by atoms with Gasteiger partial charge in [-0.25, -0.2) is 0 Å². The molecule has 0 aliphatic heterocycles. The van der Waals surface area contributed by atoms with Crippen molar-refractivity contribution in [3.63, 3.8) is 0 Å². The molecular weight excluding hydrogens is 259 g/mol. The minimum absolute atomic E-state index is 0.0371. The first kappa shape index (κ1) is 10.4. The summed E-state index contributed by atoms with van der Waals surface area (Å²) in [6.45, 7) is 0. The second kappa shape index (κ2) is 6.18. The van der Waals surface area contributed by atoms with Gasteiger partial charge in [0.05, 0.1) is 0 Å². The van der Waals surface area contributed by atoms with Crippen LogP contribution in [0.1, 0.15) is 0 Å².